The highest BCUT2D eigenvalue weighted by Crippen LogP contribution is 2.22. The lowest BCUT2D eigenvalue weighted by molar-refractivity contribution is 0.0994. The lowest BCUT2D eigenvalue weighted by atomic mass is 10.1. The minimum absolute atomic E-state index is 0.0846. The van der Waals surface area contributed by atoms with Crippen molar-refractivity contribution in [1.29, 1.82) is 0 Å². The first-order valence-electron chi connectivity index (χ1n) is 8.58. The Morgan fingerprint density at radius 1 is 0.857 bits per heavy atom. The number of hydrogen-bond donors (Lipinski definition) is 3. The number of benzene rings is 2. The highest BCUT2D eigenvalue weighted by atomic mass is 16.2. The average molecular weight is 376 g/mol. The van der Waals surface area contributed by atoms with E-state index in [1.807, 2.05) is 48.7 Å². The molecule has 28 heavy (non-hydrogen) atoms. The van der Waals surface area contributed by atoms with E-state index in [4.69, 9.17) is 11.5 Å². The standard InChI is InChI=1S/C21H20N4O3/c1-12-8-18(13(2)25(12)17-6-4-3-5-7-17)21(28)24-16-10-14(19(22)26)9-15(11-16)20(23)27/h3-11H,1-2H3,(H2,22,26)(H2,23,27)(H,24,28). The van der Waals surface area contributed by atoms with E-state index in [2.05, 4.69) is 5.32 Å². The van der Waals surface area contributed by atoms with E-state index in [-0.39, 0.29) is 22.7 Å². The zero-order valence-corrected chi connectivity index (χ0v) is 15.5. The molecule has 0 aliphatic carbocycles. The number of para-hydroxylation sites is 1. The number of nitrogens with one attached hydrogen (secondary N) is 1. The molecule has 1 heterocycles. The normalized spacial score (nSPS) is 10.5. The fraction of sp³-hybridized carbons (Fsp3) is 0.0952. The van der Waals surface area contributed by atoms with Crippen LogP contribution in [-0.2, 0) is 0 Å². The summed E-state index contributed by atoms with van der Waals surface area (Å²) in [4.78, 5) is 35.8. The molecule has 7 heteroatoms. The number of nitrogens with two attached hydrogens (primary N) is 2. The summed E-state index contributed by atoms with van der Waals surface area (Å²) >= 11 is 0. The minimum Gasteiger partial charge on any atom is -0.366 e. The predicted octanol–water partition coefficient (Wildman–Crippen LogP) is 2.54. The molecule has 0 saturated carbocycles. The molecule has 3 rings (SSSR count). The molecule has 0 radical (unpaired) electrons. The van der Waals surface area contributed by atoms with Gasteiger partial charge < -0.3 is 21.4 Å². The van der Waals surface area contributed by atoms with Gasteiger partial charge in [-0.15, -0.1) is 0 Å². The average Bonchev–Trinajstić information content (AvgIpc) is 2.96. The number of nitrogens with zero attached hydrogens (tertiary/aromatic N) is 1. The van der Waals surface area contributed by atoms with E-state index in [9.17, 15) is 14.4 Å². The van der Waals surface area contributed by atoms with Crippen molar-refractivity contribution in [3.8, 4) is 5.69 Å². The van der Waals surface area contributed by atoms with E-state index in [0.29, 0.717) is 5.56 Å². The number of amides is 3. The fourth-order valence-corrected chi connectivity index (χ4v) is 3.15. The van der Waals surface area contributed by atoms with E-state index in [1.54, 1.807) is 6.07 Å². The third-order valence-corrected chi connectivity index (χ3v) is 4.45. The fourth-order valence-electron chi connectivity index (χ4n) is 3.15. The van der Waals surface area contributed by atoms with Gasteiger partial charge in [-0.1, -0.05) is 18.2 Å². The van der Waals surface area contributed by atoms with Crippen molar-refractivity contribution >= 4 is 23.4 Å². The number of rotatable bonds is 5. The Kier molecular flexibility index (Phi) is 5.00. The molecule has 142 valence electrons. The largest absolute Gasteiger partial charge is 0.366 e. The first kappa shape index (κ1) is 18.9. The van der Waals surface area contributed by atoms with Gasteiger partial charge >= 0.3 is 0 Å². The summed E-state index contributed by atoms with van der Waals surface area (Å²) in [6.07, 6.45) is 0. The molecule has 0 atom stereocenters. The number of hydrogen-bond acceptors (Lipinski definition) is 3. The van der Waals surface area contributed by atoms with Gasteiger partial charge in [0, 0.05) is 33.9 Å². The minimum atomic E-state index is -0.721. The van der Waals surface area contributed by atoms with Crippen molar-refractivity contribution in [1.82, 2.24) is 4.57 Å². The Balaban J connectivity index is 1.97. The molecular formula is C21H20N4O3. The number of carbonyl (C=O) groups is 3. The van der Waals surface area contributed by atoms with E-state index < -0.39 is 11.8 Å². The molecule has 5 N–H and O–H groups in total. The highest BCUT2D eigenvalue weighted by molar-refractivity contribution is 6.07. The van der Waals surface area contributed by atoms with Crippen molar-refractivity contribution in [3.63, 3.8) is 0 Å². The van der Waals surface area contributed by atoms with Gasteiger partial charge in [0.1, 0.15) is 0 Å². The van der Waals surface area contributed by atoms with Crippen LogP contribution in [-0.4, -0.2) is 22.3 Å². The number of anilines is 1. The van der Waals surface area contributed by atoms with Gasteiger partial charge in [0.2, 0.25) is 11.8 Å². The number of aryl methyl sites for hydroxylation is 1. The van der Waals surface area contributed by atoms with Crippen molar-refractivity contribution < 1.29 is 14.4 Å². The van der Waals surface area contributed by atoms with Crippen molar-refractivity contribution in [2.45, 2.75) is 13.8 Å². The molecule has 0 aliphatic heterocycles. The Morgan fingerprint density at radius 2 is 1.43 bits per heavy atom. The highest BCUT2D eigenvalue weighted by Gasteiger charge is 2.18. The molecule has 0 spiro atoms. The maximum Gasteiger partial charge on any atom is 0.257 e. The topological polar surface area (TPSA) is 120 Å². The second-order valence-corrected chi connectivity index (χ2v) is 6.44. The summed E-state index contributed by atoms with van der Waals surface area (Å²) in [5, 5.41) is 2.71. The number of primary amides is 2. The molecular weight excluding hydrogens is 356 g/mol. The molecule has 1 aromatic heterocycles. The molecule has 0 aliphatic rings. The van der Waals surface area contributed by atoms with Crippen LogP contribution in [0.25, 0.3) is 5.69 Å². The first-order chi connectivity index (χ1) is 13.3. The number of aromatic nitrogens is 1. The molecule has 0 bridgehead atoms. The molecule has 0 fully saturated rings. The maximum atomic E-state index is 12.8. The van der Waals surface area contributed by atoms with Crippen LogP contribution in [0.15, 0.2) is 54.6 Å². The quantitative estimate of drug-likeness (QED) is 0.634. The summed E-state index contributed by atoms with van der Waals surface area (Å²) < 4.78 is 1.98. The summed E-state index contributed by atoms with van der Waals surface area (Å²) in [5.41, 5.74) is 14.1. The van der Waals surface area contributed by atoms with Crippen molar-refractivity contribution in [3.05, 3.63) is 82.7 Å². The van der Waals surface area contributed by atoms with E-state index in [1.165, 1.54) is 18.2 Å². The monoisotopic (exact) mass is 376 g/mol. The van der Waals surface area contributed by atoms with E-state index in [0.717, 1.165) is 17.1 Å². The van der Waals surface area contributed by atoms with Gasteiger partial charge in [-0.05, 0) is 50.2 Å². The summed E-state index contributed by atoms with van der Waals surface area (Å²) in [5.74, 6) is -1.81. The van der Waals surface area contributed by atoms with E-state index >= 15 is 0 Å². The second kappa shape index (κ2) is 7.40. The zero-order valence-electron chi connectivity index (χ0n) is 15.5. The molecule has 3 amide bonds. The van der Waals surface area contributed by atoms with Crippen LogP contribution in [0.1, 0.15) is 42.5 Å². The Morgan fingerprint density at radius 3 is 1.96 bits per heavy atom. The molecule has 0 saturated heterocycles. The van der Waals surface area contributed by atoms with Crippen LogP contribution in [0.3, 0.4) is 0 Å². The Hall–Kier alpha value is -3.87. The molecule has 7 nitrogen and oxygen atoms in total. The lowest BCUT2D eigenvalue weighted by Gasteiger charge is -2.11. The molecule has 0 unspecified atom stereocenters. The van der Waals surface area contributed by atoms with Crippen LogP contribution in [0.2, 0.25) is 0 Å². The first-order valence-corrected chi connectivity index (χ1v) is 8.58. The van der Waals surface area contributed by atoms with Gasteiger partial charge in [-0.2, -0.15) is 0 Å². The second-order valence-electron chi connectivity index (χ2n) is 6.44. The maximum absolute atomic E-state index is 12.8. The van der Waals surface area contributed by atoms with Crippen LogP contribution >= 0.6 is 0 Å². The van der Waals surface area contributed by atoms with Gasteiger partial charge in [0.25, 0.3) is 5.91 Å². The SMILES string of the molecule is Cc1cc(C(=O)Nc2cc(C(N)=O)cc(C(N)=O)c2)c(C)n1-c1ccccc1. The van der Waals surface area contributed by atoms with Gasteiger partial charge in [-0.25, -0.2) is 0 Å². The third kappa shape index (κ3) is 3.64. The predicted molar refractivity (Wildman–Crippen MR) is 107 cm³/mol. The van der Waals surface area contributed by atoms with Crippen LogP contribution < -0.4 is 16.8 Å². The van der Waals surface area contributed by atoms with Crippen molar-refractivity contribution in [2.75, 3.05) is 5.32 Å². The van der Waals surface area contributed by atoms with Crippen LogP contribution in [0.4, 0.5) is 5.69 Å². The summed E-state index contributed by atoms with van der Waals surface area (Å²) in [7, 11) is 0. The summed E-state index contributed by atoms with van der Waals surface area (Å²) in [6.45, 7) is 3.76. The third-order valence-electron chi connectivity index (χ3n) is 4.45. The summed E-state index contributed by atoms with van der Waals surface area (Å²) in [6, 6.07) is 15.6. The Labute approximate surface area is 162 Å². The van der Waals surface area contributed by atoms with Gasteiger partial charge in [0.15, 0.2) is 0 Å². The van der Waals surface area contributed by atoms with Gasteiger partial charge in [0.05, 0.1) is 5.56 Å². The van der Waals surface area contributed by atoms with Gasteiger partial charge in [-0.3, -0.25) is 14.4 Å². The molecule has 2 aromatic carbocycles. The lowest BCUT2D eigenvalue weighted by Crippen LogP contribution is -2.18. The zero-order chi connectivity index (χ0) is 20.4. The van der Waals surface area contributed by atoms with Crippen molar-refractivity contribution in [2.24, 2.45) is 11.5 Å². The molecule has 3 aromatic rings. The smallest absolute Gasteiger partial charge is 0.257 e. The Bertz CT molecular complexity index is 1050. The number of carbonyl (C=O) groups excluding carboxylic acids is 3. The van der Waals surface area contributed by atoms with Crippen LogP contribution in [0.5, 0.6) is 0 Å². The van der Waals surface area contributed by atoms with Crippen LogP contribution in [0, 0.1) is 13.8 Å².